The molecule has 7 rings (SSSR count). The molecule has 208 valence electrons. The first-order valence-corrected chi connectivity index (χ1v) is 13.6. The number of rotatable bonds is 4. The molecule has 1 aromatic heterocycles. The van der Waals surface area contributed by atoms with Gasteiger partial charge in [-0.25, -0.2) is 4.98 Å². The van der Waals surface area contributed by atoms with Crippen molar-refractivity contribution in [2.75, 3.05) is 0 Å². The van der Waals surface area contributed by atoms with E-state index in [1.165, 1.54) is 11.1 Å². The van der Waals surface area contributed by atoms with E-state index in [0.717, 1.165) is 34.1 Å². The van der Waals surface area contributed by atoms with Gasteiger partial charge in [-0.05, 0) is 59.2 Å². The summed E-state index contributed by atoms with van der Waals surface area (Å²) in [6.45, 7) is 6.47. The number of aromatic hydroxyl groups is 1. The Bertz CT molecular complexity index is 1800. The summed E-state index contributed by atoms with van der Waals surface area (Å²) in [6.07, 6.45) is 0.814. The third-order valence-electron chi connectivity index (χ3n) is 7.88. The van der Waals surface area contributed by atoms with Crippen molar-refractivity contribution in [1.82, 2.24) is 4.98 Å². The largest absolute Gasteiger partial charge is 0.510 e. The Balaban J connectivity index is 0.00000302. The van der Waals surface area contributed by atoms with Crippen LogP contribution >= 0.6 is 0 Å². The molecular weight excluding hydrogens is 691 g/mol. The van der Waals surface area contributed by atoms with Crippen LogP contribution in [0.3, 0.4) is 0 Å². The van der Waals surface area contributed by atoms with E-state index >= 15 is 0 Å². The van der Waals surface area contributed by atoms with Crippen LogP contribution in [0.1, 0.15) is 42.2 Å². The molecule has 1 N–H and O–H groups in total. The molecule has 0 saturated carbocycles. The number of pyridine rings is 1. The summed E-state index contributed by atoms with van der Waals surface area (Å²) in [5.41, 5.74) is 6.68. The molecule has 1 aliphatic heterocycles. The van der Waals surface area contributed by atoms with E-state index in [4.69, 9.17) is 14.5 Å². The number of ether oxygens (including phenoxy) is 2. The van der Waals surface area contributed by atoms with Crippen molar-refractivity contribution in [3.63, 3.8) is 0 Å². The molecule has 5 aromatic rings. The number of phenolic OH excluding ortho intramolecular Hbond substituents is 1. The minimum atomic E-state index is -0.137. The van der Waals surface area contributed by atoms with Crippen LogP contribution in [0.4, 0.5) is 0 Å². The Morgan fingerprint density at radius 1 is 0.927 bits per heavy atom. The SMILES string of the molecule is Cc1cc(O)c2nc(Oc3[c-]c(C4=N[C@@H]5[C@H](O4)c4ccccc4CC5(C)C)cc(-c4ccccc4)c3)ccc2c1.[Pt]. The normalized spacial score (nSPS) is 18.5. The zero-order chi connectivity index (χ0) is 27.4. The number of hydrogen-bond acceptors (Lipinski definition) is 5. The van der Waals surface area contributed by atoms with Gasteiger partial charge in [-0.1, -0.05) is 91.7 Å². The first kappa shape index (κ1) is 27.2. The van der Waals surface area contributed by atoms with Crippen molar-refractivity contribution in [3.8, 4) is 28.5 Å². The Kier molecular flexibility index (Phi) is 6.95. The number of phenols is 1. The molecular formula is C35H29N2O3Pt-. The third kappa shape index (κ3) is 5.04. The molecule has 0 fully saturated rings. The molecule has 2 heterocycles. The fraction of sp³-hybridized carbons (Fsp3) is 0.200. The van der Waals surface area contributed by atoms with Crippen LogP contribution in [0.15, 0.2) is 96.0 Å². The van der Waals surface area contributed by atoms with Gasteiger partial charge in [0.05, 0.1) is 6.04 Å². The Hall–Kier alpha value is -3.95. The first-order valence-electron chi connectivity index (χ1n) is 13.6. The van der Waals surface area contributed by atoms with Crippen LogP contribution in [-0.4, -0.2) is 22.0 Å². The van der Waals surface area contributed by atoms with Gasteiger partial charge in [-0.3, -0.25) is 4.99 Å². The van der Waals surface area contributed by atoms with E-state index in [-0.39, 0.29) is 44.4 Å². The monoisotopic (exact) mass is 720 g/mol. The Morgan fingerprint density at radius 2 is 1.71 bits per heavy atom. The van der Waals surface area contributed by atoms with Crippen molar-refractivity contribution in [2.24, 2.45) is 10.4 Å². The van der Waals surface area contributed by atoms with Gasteiger partial charge >= 0.3 is 0 Å². The van der Waals surface area contributed by atoms with Crippen LogP contribution in [0, 0.1) is 18.4 Å². The summed E-state index contributed by atoms with van der Waals surface area (Å²) in [5.74, 6) is 1.57. The minimum absolute atomic E-state index is 0. The molecule has 6 heteroatoms. The fourth-order valence-electron chi connectivity index (χ4n) is 5.95. The standard InChI is InChI=1S/C35H29N2O3.Pt/c1-21-15-23-13-14-30(36-31(23)29(38)16-21)39-27-18-25(22-9-5-4-6-10-22)17-26(19-27)34-37-33-32(40-34)28-12-8-7-11-24(28)20-35(33,2)3;/h4-18,32-33,38H,20H2,1-3H3;/q-1;/t32-,33-;/m1./s1. The molecule has 0 unspecified atom stereocenters. The molecule has 0 amide bonds. The average molecular weight is 721 g/mol. The van der Waals surface area contributed by atoms with Gasteiger partial charge in [-0.2, -0.15) is 0 Å². The number of aromatic nitrogens is 1. The van der Waals surface area contributed by atoms with Crippen LogP contribution in [0.25, 0.3) is 22.0 Å². The fourth-order valence-corrected chi connectivity index (χ4v) is 5.95. The maximum Gasteiger partial charge on any atom is 0.217 e. The second-order valence-electron chi connectivity index (χ2n) is 11.4. The Labute approximate surface area is 254 Å². The van der Waals surface area contributed by atoms with Crippen molar-refractivity contribution in [2.45, 2.75) is 39.3 Å². The first-order chi connectivity index (χ1) is 19.3. The van der Waals surface area contributed by atoms with Crippen LogP contribution in [0.2, 0.25) is 0 Å². The molecule has 2 aliphatic rings. The van der Waals surface area contributed by atoms with Crippen molar-refractivity contribution in [1.29, 1.82) is 0 Å². The number of fused-ring (bicyclic) bond motifs is 4. The van der Waals surface area contributed by atoms with E-state index in [9.17, 15) is 5.11 Å². The van der Waals surface area contributed by atoms with E-state index in [0.29, 0.717) is 23.0 Å². The summed E-state index contributed by atoms with van der Waals surface area (Å²) in [4.78, 5) is 9.72. The second kappa shape index (κ2) is 10.5. The van der Waals surface area contributed by atoms with Crippen LogP contribution in [-0.2, 0) is 32.2 Å². The predicted octanol–water partition coefficient (Wildman–Crippen LogP) is 7.97. The maximum atomic E-state index is 10.5. The predicted molar refractivity (Wildman–Crippen MR) is 157 cm³/mol. The molecule has 2 atom stereocenters. The second-order valence-corrected chi connectivity index (χ2v) is 11.4. The van der Waals surface area contributed by atoms with Gasteiger partial charge in [0.15, 0.2) is 0 Å². The molecule has 5 nitrogen and oxygen atoms in total. The van der Waals surface area contributed by atoms with Crippen molar-refractivity contribution in [3.05, 3.63) is 119 Å². The number of aryl methyl sites for hydroxylation is 1. The van der Waals surface area contributed by atoms with Gasteiger partial charge in [0.25, 0.3) is 0 Å². The molecule has 0 spiro atoms. The smallest absolute Gasteiger partial charge is 0.217 e. The number of nitrogens with zero attached hydrogens (tertiary/aromatic N) is 2. The van der Waals surface area contributed by atoms with Crippen molar-refractivity contribution >= 4 is 16.8 Å². The Morgan fingerprint density at radius 3 is 2.54 bits per heavy atom. The summed E-state index contributed by atoms with van der Waals surface area (Å²) < 4.78 is 12.9. The maximum absolute atomic E-state index is 10.5. The van der Waals surface area contributed by atoms with Crippen LogP contribution < -0.4 is 4.74 Å². The number of aliphatic imine (C=N–C) groups is 1. The van der Waals surface area contributed by atoms with Gasteiger partial charge in [0.1, 0.15) is 23.3 Å². The number of benzene rings is 4. The molecule has 0 saturated heterocycles. The summed E-state index contributed by atoms with van der Waals surface area (Å²) in [7, 11) is 0. The summed E-state index contributed by atoms with van der Waals surface area (Å²) in [6, 6.07) is 33.5. The van der Waals surface area contributed by atoms with Gasteiger partial charge in [0.2, 0.25) is 5.88 Å². The van der Waals surface area contributed by atoms with Gasteiger partial charge < -0.3 is 14.6 Å². The van der Waals surface area contributed by atoms with E-state index in [1.807, 2.05) is 49.4 Å². The molecule has 4 aromatic carbocycles. The summed E-state index contributed by atoms with van der Waals surface area (Å²) in [5, 5.41) is 11.3. The topological polar surface area (TPSA) is 63.9 Å². The van der Waals surface area contributed by atoms with E-state index < -0.39 is 0 Å². The third-order valence-corrected chi connectivity index (χ3v) is 7.88. The van der Waals surface area contributed by atoms with E-state index in [2.05, 4.69) is 67.4 Å². The zero-order valence-corrected chi connectivity index (χ0v) is 25.3. The summed E-state index contributed by atoms with van der Waals surface area (Å²) >= 11 is 0. The molecule has 1 aliphatic carbocycles. The minimum Gasteiger partial charge on any atom is -0.510 e. The van der Waals surface area contributed by atoms with E-state index in [1.54, 1.807) is 6.07 Å². The number of hydrogen-bond donors (Lipinski definition) is 1. The molecule has 0 radical (unpaired) electrons. The van der Waals surface area contributed by atoms with Crippen molar-refractivity contribution < 1.29 is 35.6 Å². The average Bonchev–Trinajstić information content (AvgIpc) is 3.41. The zero-order valence-electron chi connectivity index (χ0n) is 23.0. The quantitative estimate of drug-likeness (QED) is 0.192. The van der Waals surface area contributed by atoms with Crippen LogP contribution in [0.5, 0.6) is 17.4 Å². The molecule has 41 heavy (non-hydrogen) atoms. The van der Waals surface area contributed by atoms with Gasteiger partial charge in [-0.15, -0.1) is 6.07 Å². The molecule has 0 bridgehead atoms. The van der Waals surface area contributed by atoms with Gasteiger partial charge in [0, 0.05) is 38.3 Å².